The molecule has 10 heteroatoms. The van der Waals surface area contributed by atoms with Gasteiger partial charge in [-0.05, 0) is 48.8 Å². The quantitative estimate of drug-likeness (QED) is 0.638. The van der Waals surface area contributed by atoms with Crippen molar-refractivity contribution in [2.45, 2.75) is 35.6 Å². The zero-order chi connectivity index (χ0) is 23.2. The van der Waals surface area contributed by atoms with E-state index in [1.165, 1.54) is 18.3 Å². The summed E-state index contributed by atoms with van der Waals surface area (Å²) in [6.45, 7) is 1.39. The second kappa shape index (κ2) is 7.20. The molecule has 1 saturated heterocycles. The van der Waals surface area contributed by atoms with Crippen molar-refractivity contribution in [3.8, 4) is 5.75 Å². The number of nitrogens with zero attached hydrogens (tertiary/aromatic N) is 1. The van der Waals surface area contributed by atoms with Gasteiger partial charge in [0, 0.05) is 16.0 Å². The van der Waals surface area contributed by atoms with Gasteiger partial charge in [0.1, 0.15) is 11.8 Å². The topological polar surface area (TPSA) is 117 Å². The third-order valence-corrected chi connectivity index (χ3v) is 10.6. The molecule has 33 heavy (non-hydrogen) atoms. The number of carboxylic acid groups (broad SMARTS) is 1. The number of hydrogen-bond acceptors (Lipinski definition) is 7. The number of thiazole rings is 1. The van der Waals surface area contributed by atoms with E-state index in [1.807, 2.05) is 24.3 Å². The van der Waals surface area contributed by atoms with Gasteiger partial charge in [-0.3, -0.25) is 19.3 Å². The predicted molar refractivity (Wildman–Crippen MR) is 120 cm³/mol. The molecule has 172 valence electrons. The number of aliphatic carboxylic acids is 1. The summed E-state index contributed by atoms with van der Waals surface area (Å²) in [5.41, 5.74) is 1.05. The number of nitrogens with one attached hydrogen (secondary N) is 1. The van der Waals surface area contributed by atoms with Gasteiger partial charge < -0.3 is 14.8 Å². The largest absolute Gasteiger partial charge is 0.497 e. The number of rotatable bonds is 4. The summed E-state index contributed by atoms with van der Waals surface area (Å²) in [6.07, 6.45) is 0.774. The van der Waals surface area contributed by atoms with Crippen LogP contribution >= 0.6 is 23.1 Å². The molecule has 8 nitrogen and oxygen atoms in total. The molecule has 0 spiro atoms. The number of aromatic nitrogens is 1. The molecule has 2 aliphatic heterocycles. The highest BCUT2D eigenvalue weighted by Gasteiger charge is 2.70. The van der Waals surface area contributed by atoms with E-state index >= 15 is 0 Å². The van der Waals surface area contributed by atoms with Crippen LogP contribution in [0.3, 0.4) is 0 Å². The summed E-state index contributed by atoms with van der Waals surface area (Å²) < 4.78 is 5.31. The number of H-pyrrole nitrogens is 1. The number of amides is 2. The lowest BCUT2D eigenvalue weighted by molar-refractivity contribution is -0.154. The molecule has 1 aromatic carbocycles. The lowest BCUT2D eigenvalue weighted by atomic mass is 9.68. The zero-order valence-electron chi connectivity index (χ0n) is 17.9. The van der Waals surface area contributed by atoms with E-state index in [-0.39, 0.29) is 45.6 Å². The molecule has 3 heterocycles. The number of carbonyl (C=O) groups excluding carboxylic acids is 2. The summed E-state index contributed by atoms with van der Waals surface area (Å²) in [4.78, 5) is 55.3. The molecule has 2 bridgehead atoms. The maximum atomic E-state index is 13.3. The molecule has 2 N–H and O–H groups in total. The number of thioether (sulfide) groups is 1. The average Bonchev–Trinajstić information content (AvgIpc) is 3.52. The van der Waals surface area contributed by atoms with Crippen molar-refractivity contribution in [2.75, 3.05) is 7.11 Å². The molecular weight excluding hydrogens is 464 g/mol. The Kier molecular flexibility index (Phi) is 4.58. The van der Waals surface area contributed by atoms with Gasteiger partial charge >= 0.3 is 10.8 Å². The Hall–Kier alpha value is -2.59. The minimum atomic E-state index is -1.17. The van der Waals surface area contributed by atoms with Crippen LogP contribution in [0.5, 0.6) is 5.75 Å². The highest BCUT2D eigenvalue weighted by molar-refractivity contribution is 8.00. The Morgan fingerprint density at radius 3 is 2.45 bits per heavy atom. The van der Waals surface area contributed by atoms with Crippen LogP contribution in [-0.4, -0.2) is 51.2 Å². The molecule has 0 unspecified atom stereocenters. The fourth-order valence-electron chi connectivity index (χ4n) is 6.72. The average molecular weight is 487 g/mol. The highest BCUT2D eigenvalue weighted by Crippen LogP contribution is 2.68. The van der Waals surface area contributed by atoms with Crippen molar-refractivity contribution < 1.29 is 24.2 Å². The molecule has 2 aliphatic carbocycles. The Bertz CT molecular complexity index is 1240. The van der Waals surface area contributed by atoms with Crippen LogP contribution in [-0.2, 0) is 14.4 Å². The number of aromatic amines is 1. The van der Waals surface area contributed by atoms with Crippen molar-refractivity contribution in [3.05, 3.63) is 44.4 Å². The van der Waals surface area contributed by atoms with Gasteiger partial charge in [-0.25, -0.2) is 4.79 Å². The third kappa shape index (κ3) is 2.76. The van der Waals surface area contributed by atoms with E-state index in [2.05, 4.69) is 4.98 Å². The number of likely N-dealkylation sites (tertiary alicyclic amines) is 1. The minimum Gasteiger partial charge on any atom is -0.497 e. The van der Waals surface area contributed by atoms with Gasteiger partial charge in [0.25, 0.3) is 0 Å². The number of carbonyl (C=O) groups is 3. The zero-order valence-corrected chi connectivity index (χ0v) is 19.5. The summed E-state index contributed by atoms with van der Waals surface area (Å²) in [5.74, 6) is -2.11. The van der Waals surface area contributed by atoms with Crippen LogP contribution in [0, 0.1) is 29.6 Å². The highest BCUT2D eigenvalue weighted by atomic mass is 32.2. The van der Waals surface area contributed by atoms with Gasteiger partial charge in [0.15, 0.2) is 0 Å². The first-order chi connectivity index (χ1) is 15.8. The molecule has 4 aliphatic rings. The van der Waals surface area contributed by atoms with Crippen LogP contribution in [0.25, 0.3) is 0 Å². The second-order valence-electron chi connectivity index (χ2n) is 9.29. The molecule has 0 radical (unpaired) electrons. The molecule has 2 amide bonds. The Morgan fingerprint density at radius 2 is 1.82 bits per heavy atom. The van der Waals surface area contributed by atoms with Gasteiger partial charge in [-0.15, -0.1) is 11.8 Å². The summed E-state index contributed by atoms with van der Waals surface area (Å²) in [6, 6.07) is 6.65. The normalized spacial score (nSPS) is 34.7. The van der Waals surface area contributed by atoms with Crippen molar-refractivity contribution in [1.29, 1.82) is 0 Å². The van der Waals surface area contributed by atoms with Crippen LogP contribution in [0.15, 0.2) is 34.1 Å². The van der Waals surface area contributed by atoms with E-state index < -0.39 is 23.8 Å². The minimum absolute atomic E-state index is 0.0188. The molecule has 8 atom stereocenters. The lowest BCUT2D eigenvalue weighted by Gasteiger charge is -2.43. The molecule has 3 fully saturated rings. The summed E-state index contributed by atoms with van der Waals surface area (Å²) in [7, 11) is 1.61. The van der Waals surface area contributed by atoms with Crippen molar-refractivity contribution >= 4 is 40.9 Å². The summed E-state index contributed by atoms with van der Waals surface area (Å²) in [5, 5.41) is 10.4. The van der Waals surface area contributed by atoms with E-state index in [4.69, 9.17) is 4.74 Å². The molecule has 2 aromatic rings. The summed E-state index contributed by atoms with van der Waals surface area (Å²) >= 11 is 2.83. The van der Waals surface area contributed by atoms with E-state index in [0.29, 0.717) is 0 Å². The molecular formula is C23H22N2O6S2. The molecule has 6 rings (SSSR count). The number of benzene rings is 1. The number of ether oxygens (including phenoxy) is 1. The van der Waals surface area contributed by atoms with Gasteiger partial charge in [0.05, 0.1) is 24.0 Å². The number of methoxy groups -OCH3 is 1. The van der Waals surface area contributed by atoms with Crippen LogP contribution < -0.4 is 9.61 Å². The van der Waals surface area contributed by atoms with Crippen LogP contribution in [0.1, 0.15) is 29.7 Å². The van der Waals surface area contributed by atoms with Crippen molar-refractivity contribution in [2.24, 2.45) is 29.6 Å². The second-order valence-corrected chi connectivity index (χ2v) is 11.5. The van der Waals surface area contributed by atoms with E-state index in [1.54, 1.807) is 18.9 Å². The van der Waals surface area contributed by atoms with Crippen LogP contribution in [0.4, 0.5) is 0 Å². The van der Waals surface area contributed by atoms with E-state index in [0.717, 1.165) is 32.5 Å². The SMILES string of the molecule is COc1ccc([C@@H]2c3sc(=O)[nH]c3S[C@@H]3[C@H]4C[C@@H]([C@H]5C(=O)N([C@H](C)C(=O)O)C(=O)[C@@H]45)[C@@H]23)cc1. The fraction of sp³-hybridized carbons (Fsp3) is 0.478. The smallest absolute Gasteiger partial charge is 0.326 e. The Labute approximate surface area is 197 Å². The fourth-order valence-corrected chi connectivity index (χ4v) is 9.61. The van der Waals surface area contributed by atoms with Gasteiger partial charge in [-0.2, -0.15) is 0 Å². The maximum Gasteiger partial charge on any atom is 0.326 e. The van der Waals surface area contributed by atoms with E-state index in [9.17, 15) is 24.3 Å². The predicted octanol–water partition coefficient (Wildman–Crippen LogP) is 2.39. The molecule has 1 aromatic heterocycles. The number of carboxylic acids is 1. The third-order valence-electron chi connectivity index (χ3n) is 7.98. The van der Waals surface area contributed by atoms with Crippen molar-refractivity contribution in [3.63, 3.8) is 0 Å². The number of fused-ring (bicyclic) bond motifs is 9. The standard InChI is InChI=1S/C23H22N2O6S2/c1-8(22(28)29)25-20(26)15-11-7-12(16(15)21(25)27)17-14(11)13(9-3-5-10(31-2)6-4-9)18-19(32-17)24-23(30)33-18/h3-6,8,11-17H,7H2,1-2H3,(H,24,30)(H,28,29)/t8-,11-,12+,13+,14+,15-,16+,17-/m1/s1. The first-order valence-corrected chi connectivity index (χ1v) is 12.6. The van der Waals surface area contributed by atoms with Gasteiger partial charge in [-0.1, -0.05) is 23.5 Å². The molecule has 2 saturated carbocycles. The maximum absolute atomic E-state index is 13.3. The first-order valence-electron chi connectivity index (χ1n) is 10.9. The monoisotopic (exact) mass is 486 g/mol. The van der Waals surface area contributed by atoms with Gasteiger partial charge in [0.2, 0.25) is 11.8 Å². The number of hydrogen-bond donors (Lipinski definition) is 2. The Balaban J connectivity index is 1.44. The first kappa shape index (κ1) is 21.0. The lowest BCUT2D eigenvalue weighted by Crippen LogP contribution is -2.44. The van der Waals surface area contributed by atoms with Crippen molar-refractivity contribution in [1.82, 2.24) is 9.88 Å². The Morgan fingerprint density at radius 1 is 1.15 bits per heavy atom. The number of imide groups is 1. The van der Waals surface area contributed by atoms with Crippen LogP contribution in [0.2, 0.25) is 0 Å².